The molecule has 0 N–H and O–H groups in total. The van der Waals surface area contributed by atoms with Crippen LogP contribution in [0.5, 0.6) is 5.75 Å². The van der Waals surface area contributed by atoms with Crippen LogP contribution in [0.2, 0.25) is 0 Å². The number of nitrogens with zero attached hydrogens (tertiary/aromatic N) is 4. The molecule has 28 heavy (non-hydrogen) atoms. The number of halogens is 1. The Hall–Kier alpha value is -2.06. The van der Waals surface area contributed by atoms with Gasteiger partial charge in [-0.05, 0) is 56.3 Å². The van der Waals surface area contributed by atoms with Crippen LogP contribution in [0.4, 0.5) is 4.39 Å². The van der Waals surface area contributed by atoms with Crippen molar-refractivity contribution >= 4 is 17.4 Å². The zero-order chi connectivity index (χ0) is 19.5. The van der Waals surface area contributed by atoms with Gasteiger partial charge in [0, 0.05) is 32.2 Å². The molecule has 0 unspecified atom stereocenters. The van der Waals surface area contributed by atoms with Crippen LogP contribution in [0.1, 0.15) is 41.0 Å². The Morgan fingerprint density at radius 1 is 1.14 bits per heavy atom. The normalized spacial score (nSPS) is 19.7. The fraction of sp³-hybridized carbons (Fsp3) is 0.550. The number of carbonyl (C=O) groups is 1. The van der Waals surface area contributed by atoms with E-state index in [1.165, 1.54) is 17.6 Å². The van der Waals surface area contributed by atoms with Gasteiger partial charge in [0.05, 0.1) is 5.69 Å². The molecule has 2 aromatic rings. The molecule has 1 amide bonds. The van der Waals surface area contributed by atoms with E-state index in [1.807, 2.05) is 11.8 Å². The first-order chi connectivity index (χ1) is 13.6. The summed E-state index contributed by atoms with van der Waals surface area (Å²) in [5, 5.41) is 3.94. The molecule has 6 nitrogen and oxygen atoms in total. The molecule has 2 saturated heterocycles. The minimum atomic E-state index is -0.298. The minimum absolute atomic E-state index is 0.0583. The van der Waals surface area contributed by atoms with Crippen molar-refractivity contribution < 1.29 is 13.9 Å². The number of hydrogen-bond donors (Lipinski definition) is 0. The molecule has 1 aromatic heterocycles. The van der Waals surface area contributed by atoms with E-state index < -0.39 is 0 Å². The lowest BCUT2D eigenvalue weighted by atomic mass is 9.98. The van der Waals surface area contributed by atoms with Crippen LogP contribution in [0, 0.1) is 12.7 Å². The van der Waals surface area contributed by atoms with Gasteiger partial charge in [-0.15, -0.1) is 5.10 Å². The highest BCUT2D eigenvalue weighted by Crippen LogP contribution is 2.26. The summed E-state index contributed by atoms with van der Waals surface area (Å²) in [5.74, 6) is 0.108. The third-order valence-electron chi connectivity index (χ3n) is 5.72. The lowest BCUT2D eigenvalue weighted by Gasteiger charge is -2.41. The highest BCUT2D eigenvalue weighted by molar-refractivity contribution is 7.07. The molecule has 0 saturated carbocycles. The third kappa shape index (κ3) is 4.17. The summed E-state index contributed by atoms with van der Waals surface area (Å²) in [4.78, 5) is 17.7. The van der Waals surface area contributed by atoms with Gasteiger partial charge in [0.1, 0.15) is 11.0 Å². The van der Waals surface area contributed by atoms with Crippen molar-refractivity contribution in [1.82, 2.24) is 19.4 Å². The Labute approximate surface area is 168 Å². The molecular formula is C20H25FN4O2S. The molecule has 2 fully saturated rings. The van der Waals surface area contributed by atoms with Crippen molar-refractivity contribution in [2.75, 3.05) is 26.2 Å². The van der Waals surface area contributed by atoms with E-state index in [2.05, 4.69) is 14.5 Å². The first-order valence-corrected chi connectivity index (χ1v) is 10.6. The molecule has 2 aliphatic rings. The quantitative estimate of drug-likeness (QED) is 0.784. The van der Waals surface area contributed by atoms with Crippen LogP contribution in [-0.2, 0) is 0 Å². The summed E-state index contributed by atoms with van der Waals surface area (Å²) < 4.78 is 23.5. The number of para-hydroxylation sites is 1. The van der Waals surface area contributed by atoms with Gasteiger partial charge >= 0.3 is 0 Å². The number of piperidine rings is 2. The molecule has 3 heterocycles. The summed E-state index contributed by atoms with van der Waals surface area (Å²) in [7, 11) is 0. The van der Waals surface area contributed by atoms with E-state index in [1.54, 1.807) is 18.2 Å². The summed E-state index contributed by atoms with van der Waals surface area (Å²) in [6.07, 6.45) is 3.83. The second kappa shape index (κ2) is 8.53. The van der Waals surface area contributed by atoms with Crippen LogP contribution in [0.25, 0.3) is 0 Å². The van der Waals surface area contributed by atoms with E-state index in [-0.39, 0.29) is 17.8 Å². The maximum absolute atomic E-state index is 13.8. The SMILES string of the molecule is Cc1nnsc1C(=O)N1CCC(N2CCC(Oc3ccccc3F)CC2)CC1. The maximum atomic E-state index is 13.8. The predicted octanol–water partition coefficient (Wildman–Crippen LogP) is 3.13. The molecule has 0 radical (unpaired) electrons. The Morgan fingerprint density at radius 3 is 2.50 bits per heavy atom. The number of amides is 1. The number of aromatic nitrogens is 2. The Balaban J connectivity index is 1.25. The number of ether oxygens (including phenoxy) is 1. The fourth-order valence-corrected chi connectivity index (χ4v) is 4.71. The fourth-order valence-electron chi connectivity index (χ4n) is 4.08. The zero-order valence-corrected chi connectivity index (χ0v) is 16.8. The van der Waals surface area contributed by atoms with Crippen LogP contribution in [-0.4, -0.2) is 63.6 Å². The Bertz CT molecular complexity index is 814. The van der Waals surface area contributed by atoms with Crippen LogP contribution in [0.15, 0.2) is 24.3 Å². The first-order valence-electron chi connectivity index (χ1n) is 9.85. The third-order valence-corrected chi connectivity index (χ3v) is 6.54. The standard InChI is InChI=1S/C20H25FN4O2S/c1-14-19(28-23-22-14)20(26)25-10-6-15(7-11-25)24-12-8-16(9-13-24)27-18-5-3-2-4-17(18)21/h2-5,15-16H,6-13H2,1H3. The molecule has 0 aliphatic carbocycles. The smallest absolute Gasteiger partial charge is 0.267 e. The van der Waals surface area contributed by atoms with Crippen LogP contribution < -0.4 is 4.74 Å². The first kappa shape index (κ1) is 19.3. The van der Waals surface area contributed by atoms with E-state index in [0.29, 0.717) is 22.4 Å². The number of benzene rings is 1. The number of carbonyl (C=O) groups excluding carboxylic acids is 1. The second-order valence-corrected chi connectivity index (χ2v) is 8.25. The second-order valence-electron chi connectivity index (χ2n) is 7.49. The summed E-state index contributed by atoms with van der Waals surface area (Å²) in [6, 6.07) is 7.10. The largest absolute Gasteiger partial charge is 0.487 e. The van der Waals surface area contributed by atoms with Crippen molar-refractivity contribution in [3.8, 4) is 5.75 Å². The topological polar surface area (TPSA) is 58.6 Å². The predicted molar refractivity (Wildman–Crippen MR) is 105 cm³/mol. The molecule has 8 heteroatoms. The van der Waals surface area contributed by atoms with Gasteiger partial charge < -0.3 is 9.64 Å². The number of likely N-dealkylation sites (tertiary alicyclic amines) is 2. The van der Waals surface area contributed by atoms with Crippen molar-refractivity contribution in [2.45, 2.75) is 44.8 Å². The van der Waals surface area contributed by atoms with Crippen molar-refractivity contribution in [3.63, 3.8) is 0 Å². The van der Waals surface area contributed by atoms with E-state index in [4.69, 9.17) is 4.74 Å². The molecule has 1 aromatic carbocycles. The maximum Gasteiger partial charge on any atom is 0.267 e. The minimum Gasteiger partial charge on any atom is -0.487 e. The summed E-state index contributed by atoms with van der Waals surface area (Å²) in [5.41, 5.74) is 0.717. The van der Waals surface area contributed by atoms with Gasteiger partial charge in [-0.2, -0.15) is 0 Å². The number of hydrogen-bond acceptors (Lipinski definition) is 6. The molecule has 150 valence electrons. The van der Waals surface area contributed by atoms with Crippen molar-refractivity contribution in [2.24, 2.45) is 0 Å². The average molecular weight is 405 g/mol. The molecule has 0 atom stereocenters. The van der Waals surface area contributed by atoms with Gasteiger partial charge in [-0.25, -0.2) is 4.39 Å². The highest BCUT2D eigenvalue weighted by Gasteiger charge is 2.31. The molecular weight excluding hydrogens is 379 g/mol. The molecule has 4 rings (SSSR count). The van der Waals surface area contributed by atoms with Crippen molar-refractivity contribution in [3.05, 3.63) is 40.7 Å². The van der Waals surface area contributed by atoms with Gasteiger partial charge in [0.2, 0.25) is 0 Å². The van der Waals surface area contributed by atoms with E-state index >= 15 is 0 Å². The van der Waals surface area contributed by atoms with Gasteiger partial charge in [-0.3, -0.25) is 9.69 Å². The lowest BCUT2D eigenvalue weighted by molar-refractivity contribution is 0.0418. The molecule has 0 bridgehead atoms. The molecule has 2 aliphatic heterocycles. The number of rotatable bonds is 4. The van der Waals surface area contributed by atoms with Gasteiger partial charge in [-0.1, -0.05) is 16.6 Å². The zero-order valence-electron chi connectivity index (χ0n) is 16.0. The highest BCUT2D eigenvalue weighted by atomic mass is 32.1. The average Bonchev–Trinajstić information content (AvgIpc) is 3.16. The Kier molecular flexibility index (Phi) is 5.87. The van der Waals surface area contributed by atoms with Gasteiger partial charge in [0.25, 0.3) is 5.91 Å². The van der Waals surface area contributed by atoms with Crippen LogP contribution >= 0.6 is 11.5 Å². The van der Waals surface area contributed by atoms with E-state index in [0.717, 1.165) is 51.9 Å². The lowest BCUT2D eigenvalue weighted by Crippen LogP contribution is -2.50. The monoisotopic (exact) mass is 404 g/mol. The van der Waals surface area contributed by atoms with E-state index in [9.17, 15) is 9.18 Å². The van der Waals surface area contributed by atoms with Gasteiger partial charge in [0.15, 0.2) is 11.6 Å². The summed E-state index contributed by atoms with van der Waals surface area (Å²) in [6.45, 7) is 5.28. The van der Waals surface area contributed by atoms with Crippen molar-refractivity contribution in [1.29, 1.82) is 0 Å². The van der Waals surface area contributed by atoms with Crippen LogP contribution in [0.3, 0.4) is 0 Å². The number of aryl methyl sites for hydroxylation is 1. The Morgan fingerprint density at radius 2 is 1.86 bits per heavy atom. The molecule has 0 spiro atoms. The summed E-state index contributed by atoms with van der Waals surface area (Å²) >= 11 is 1.18.